The van der Waals surface area contributed by atoms with Gasteiger partial charge < -0.3 is 10.1 Å². The maximum Gasteiger partial charge on any atom is 0.419 e. The largest absolute Gasteiger partial charge is 0.468 e. The number of carbonyl (C=O) groups is 1. The van der Waals surface area contributed by atoms with Gasteiger partial charge in [0.1, 0.15) is 11.9 Å². The predicted octanol–water partition coefficient (Wildman–Crippen LogP) is 2.50. The van der Waals surface area contributed by atoms with E-state index in [0.29, 0.717) is 6.07 Å². The topological polar surface area (TPSA) is 38.3 Å². The van der Waals surface area contributed by atoms with Crippen molar-refractivity contribution < 1.29 is 27.1 Å². The number of nitrogens with one attached hydrogen (secondary N) is 1. The lowest BCUT2D eigenvalue weighted by atomic mass is 10.1. The molecule has 1 aromatic carbocycles. The van der Waals surface area contributed by atoms with Gasteiger partial charge in [0.15, 0.2) is 0 Å². The fourth-order valence-corrected chi connectivity index (χ4v) is 1.43. The van der Waals surface area contributed by atoms with Crippen LogP contribution in [-0.2, 0) is 22.3 Å². The first-order chi connectivity index (χ1) is 8.75. The van der Waals surface area contributed by atoms with E-state index in [1.54, 1.807) is 0 Å². The first kappa shape index (κ1) is 15.4. The van der Waals surface area contributed by atoms with Crippen LogP contribution in [0.1, 0.15) is 18.1 Å². The van der Waals surface area contributed by atoms with E-state index in [4.69, 9.17) is 0 Å². The Morgan fingerprint density at radius 3 is 2.58 bits per heavy atom. The summed E-state index contributed by atoms with van der Waals surface area (Å²) in [4.78, 5) is 11.1. The first-order valence-corrected chi connectivity index (χ1v) is 5.42. The zero-order chi connectivity index (χ0) is 14.6. The lowest BCUT2D eigenvalue weighted by Gasteiger charge is -2.13. The van der Waals surface area contributed by atoms with Crippen LogP contribution in [-0.4, -0.2) is 19.1 Å². The molecule has 0 amide bonds. The van der Waals surface area contributed by atoms with Crippen molar-refractivity contribution >= 4 is 5.97 Å². The summed E-state index contributed by atoms with van der Waals surface area (Å²) in [6.07, 6.45) is -4.74. The van der Waals surface area contributed by atoms with E-state index in [1.807, 2.05) is 0 Å². The van der Waals surface area contributed by atoms with Crippen LogP contribution in [0, 0.1) is 5.82 Å². The molecular formula is C12H13F4NO2. The Hall–Kier alpha value is -1.63. The summed E-state index contributed by atoms with van der Waals surface area (Å²) in [5, 5.41) is 2.68. The predicted molar refractivity (Wildman–Crippen MR) is 59.7 cm³/mol. The standard InChI is InChI=1S/C12H13F4NO2/c1-7(11(18)19-2)17-6-8-3-4-10(13)9(5-8)12(14,15)16/h3-5,7,17H,6H2,1-2H3. The average molecular weight is 279 g/mol. The fourth-order valence-electron chi connectivity index (χ4n) is 1.43. The van der Waals surface area contributed by atoms with Crippen LogP contribution in [0.5, 0.6) is 0 Å². The van der Waals surface area contributed by atoms with Gasteiger partial charge in [0.25, 0.3) is 0 Å². The van der Waals surface area contributed by atoms with Crippen LogP contribution < -0.4 is 5.32 Å². The Kier molecular flexibility index (Phi) is 4.88. The second-order valence-corrected chi connectivity index (χ2v) is 3.94. The van der Waals surface area contributed by atoms with Crippen LogP contribution in [0.15, 0.2) is 18.2 Å². The van der Waals surface area contributed by atoms with Crippen LogP contribution in [0.4, 0.5) is 17.6 Å². The van der Waals surface area contributed by atoms with Crippen molar-refractivity contribution in [3.8, 4) is 0 Å². The third-order valence-electron chi connectivity index (χ3n) is 2.50. The molecule has 0 aliphatic rings. The van der Waals surface area contributed by atoms with Gasteiger partial charge in [0, 0.05) is 6.54 Å². The smallest absolute Gasteiger partial charge is 0.419 e. The molecule has 0 aromatic heterocycles. The van der Waals surface area contributed by atoms with E-state index < -0.39 is 29.6 Å². The molecule has 0 radical (unpaired) electrons. The van der Waals surface area contributed by atoms with E-state index in [1.165, 1.54) is 20.1 Å². The van der Waals surface area contributed by atoms with Gasteiger partial charge in [-0.3, -0.25) is 4.79 Å². The molecule has 1 unspecified atom stereocenters. The Morgan fingerprint density at radius 1 is 1.42 bits per heavy atom. The number of esters is 1. The van der Waals surface area contributed by atoms with E-state index in [0.717, 1.165) is 6.07 Å². The number of rotatable bonds is 4. The normalized spacial score (nSPS) is 13.2. The van der Waals surface area contributed by atoms with Crippen molar-refractivity contribution in [3.05, 3.63) is 35.1 Å². The van der Waals surface area contributed by atoms with Gasteiger partial charge in [-0.05, 0) is 24.6 Å². The first-order valence-electron chi connectivity index (χ1n) is 5.42. The van der Waals surface area contributed by atoms with Gasteiger partial charge in [-0.25, -0.2) is 4.39 Å². The van der Waals surface area contributed by atoms with Gasteiger partial charge in [0.05, 0.1) is 12.7 Å². The summed E-state index contributed by atoms with van der Waals surface area (Å²) < 4.78 is 54.9. The van der Waals surface area contributed by atoms with E-state index in [2.05, 4.69) is 10.1 Å². The highest BCUT2D eigenvalue weighted by Gasteiger charge is 2.34. The molecule has 0 spiro atoms. The number of hydrogen-bond donors (Lipinski definition) is 1. The average Bonchev–Trinajstić information content (AvgIpc) is 2.35. The highest BCUT2D eigenvalue weighted by Crippen LogP contribution is 2.31. The second-order valence-electron chi connectivity index (χ2n) is 3.94. The molecule has 0 saturated heterocycles. The molecule has 1 rings (SSSR count). The fraction of sp³-hybridized carbons (Fsp3) is 0.417. The minimum Gasteiger partial charge on any atom is -0.468 e. The Bertz CT molecular complexity index is 460. The van der Waals surface area contributed by atoms with E-state index in [9.17, 15) is 22.4 Å². The highest BCUT2D eigenvalue weighted by atomic mass is 19.4. The lowest BCUT2D eigenvalue weighted by Crippen LogP contribution is -2.34. The molecule has 0 bridgehead atoms. The van der Waals surface area contributed by atoms with Crippen LogP contribution in [0.25, 0.3) is 0 Å². The molecule has 1 N–H and O–H groups in total. The monoisotopic (exact) mass is 279 g/mol. The number of benzene rings is 1. The van der Waals surface area contributed by atoms with Gasteiger partial charge in [0.2, 0.25) is 0 Å². The number of ether oxygens (including phenoxy) is 1. The Balaban J connectivity index is 2.78. The number of halogens is 4. The van der Waals surface area contributed by atoms with Crippen molar-refractivity contribution in [3.63, 3.8) is 0 Å². The minimum absolute atomic E-state index is 0.000370. The van der Waals surface area contributed by atoms with Crippen molar-refractivity contribution in [1.82, 2.24) is 5.32 Å². The molecule has 19 heavy (non-hydrogen) atoms. The lowest BCUT2D eigenvalue weighted by molar-refractivity contribution is -0.143. The molecule has 1 aromatic rings. The SMILES string of the molecule is COC(=O)C(C)NCc1ccc(F)c(C(F)(F)F)c1. The summed E-state index contributed by atoms with van der Waals surface area (Å²) >= 11 is 0. The maximum absolute atomic E-state index is 13.0. The zero-order valence-electron chi connectivity index (χ0n) is 10.3. The van der Waals surface area contributed by atoms with Gasteiger partial charge in [-0.15, -0.1) is 0 Å². The Labute approximate surface area is 107 Å². The maximum atomic E-state index is 13.0. The third kappa shape index (κ3) is 4.20. The molecule has 0 heterocycles. The van der Waals surface area contributed by atoms with E-state index in [-0.39, 0.29) is 12.1 Å². The molecule has 0 aliphatic heterocycles. The van der Waals surface area contributed by atoms with Crippen LogP contribution >= 0.6 is 0 Å². The Morgan fingerprint density at radius 2 is 2.05 bits per heavy atom. The summed E-state index contributed by atoms with van der Waals surface area (Å²) in [6, 6.07) is 2.03. The van der Waals surface area contributed by atoms with Crippen molar-refractivity contribution in [2.24, 2.45) is 0 Å². The van der Waals surface area contributed by atoms with Crippen molar-refractivity contribution in [2.75, 3.05) is 7.11 Å². The molecule has 7 heteroatoms. The molecule has 106 valence electrons. The molecule has 0 saturated carbocycles. The summed E-state index contributed by atoms with van der Waals surface area (Å²) in [7, 11) is 1.21. The molecule has 0 aliphatic carbocycles. The third-order valence-corrected chi connectivity index (χ3v) is 2.50. The minimum atomic E-state index is -4.74. The zero-order valence-corrected chi connectivity index (χ0v) is 10.3. The molecule has 1 atom stereocenters. The van der Waals surface area contributed by atoms with Crippen molar-refractivity contribution in [2.45, 2.75) is 25.7 Å². The molecular weight excluding hydrogens is 266 g/mol. The summed E-state index contributed by atoms with van der Waals surface area (Å²) in [5.74, 6) is -1.85. The molecule has 3 nitrogen and oxygen atoms in total. The summed E-state index contributed by atoms with van der Waals surface area (Å²) in [6.45, 7) is 1.51. The number of hydrogen-bond acceptors (Lipinski definition) is 3. The highest BCUT2D eigenvalue weighted by molar-refractivity contribution is 5.75. The van der Waals surface area contributed by atoms with E-state index >= 15 is 0 Å². The molecule has 0 fully saturated rings. The number of carbonyl (C=O) groups excluding carboxylic acids is 1. The number of methoxy groups -OCH3 is 1. The van der Waals surface area contributed by atoms with Gasteiger partial charge in [-0.2, -0.15) is 13.2 Å². The van der Waals surface area contributed by atoms with Crippen LogP contribution in [0.3, 0.4) is 0 Å². The second kappa shape index (κ2) is 6.01. The van der Waals surface area contributed by atoms with Crippen LogP contribution in [0.2, 0.25) is 0 Å². The van der Waals surface area contributed by atoms with Gasteiger partial charge >= 0.3 is 12.1 Å². The van der Waals surface area contributed by atoms with Gasteiger partial charge in [-0.1, -0.05) is 6.07 Å². The summed E-state index contributed by atoms with van der Waals surface area (Å²) in [5.41, 5.74) is -1.10. The quantitative estimate of drug-likeness (QED) is 0.680. The number of alkyl halides is 3. The van der Waals surface area contributed by atoms with Crippen molar-refractivity contribution in [1.29, 1.82) is 0 Å².